The Hall–Kier alpha value is -0.300. The van der Waals surface area contributed by atoms with E-state index in [1.54, 1.807) is 6.08 Å². The van der Waals surface area contributed by atoms with Gasteiger partial charge in [0.1, 0.15) is 0 Å². The Morgan fingerprint density at radius 1 is 1.58 bits per heavy atom. The van der Waals surface area contributed by atoms with Gasteiger partial charge in [0.2, 0.25) is 0 Å². The molecule has 0 radical (unpaired) electrons. The Balaban J connectivity index is 2.81. The maximum absolute atomic E-state index is 11.4. The van der Waals surface area contributed by atoms with Gasteiger partial charge in [-0.05, 0) is 18.4 Å². The average molecular weight is 187 g/mol. The maximum atomic E-state index is 11.4. The zero-order chi connectivity index (χ0) is 9.30. The van der Waals surface area contributed by atoms with E-state index in [4.69, 9.17) is 11.6 Å². The fourth-order valence-electron chi connectivity index (χ4n) is 1.36. The highest BCUT2D eigenvalue weighted by Crippen LogP contribution is 2.29. The SMILES string of the molecule is CC(C)C1=CC(=O)[C@H](C)[C@@H](Cl)C1. The molecule has 0 aromatic heterocycles. The van der Waals surface area contributed by atoms with Gasteiger partial charge >= 0.3 is 0 Å². The van der Waals surface area contributed by atoms with E-state index in [1.165, 1.54) is 5.57 Å². The Morgan fingerprint density at radius 2 is 2.17 bits per heavy atom. The molecule has 0 N–H and O–H groups in total. The third-order valence-electron chi connectivity index (χ3n) is 2.49. The number of rotatable bonds is 1. The standard InChI is InChI=1S/C10H15ClO/c1-6(2)8-4-9(11)7(3)10(12)5-8/h5-7,9H,4H2,1-3H3/t7-,9+/m1/s1. The third kappa shape index (κ3) is 1.89. The summed E-state index contributed by atoms with van der Waals surface area (Å²) in [5, 5.41) is -0.0000926. The summed E-state index contributed by atoms with van der Waals surface area (Å²) in [6.07, 6.45) is 2.64. The van der Waals surface area contributed by atoms with Gasteiger partial charge in [-0.2, -0.15) is 0 Å². The zero-order valence-corrected chi connectivity index (χ0v) is 8.56. The van der Waals surface area contributed by atoms with E-state index >= 15 is 0 Å². The summed E-state index contributed by atoms with van der Waals surface area (Å²) in [6, 6.07) is 0. The van der Waals surface area contributed by atoms with Gasteiger partial charge < -0.3 is 0 Å². The molecule has 1 aliphatic rings. The first kappa shape index (κ1) is 9.79. The summed E-state index contributed by atoms with van der Waals surface area (Å²) in [4.78, 5) is 11.4. The van der Waals surface area contributed by atoms with Crippen LogP contribution in [-0.2, 0) is 4.79 Å². The molecule has 0 unspecified atom stereocenters. The van der Waals surface area contributed by atoms with E-state index in [0.717, 1.165) is 6.42 Å². The second-order valence-corrected chi connectivity index (χ2v) is 4.35. The fraction of sp³-hybridized carbons (Fsp3) is 0.700. The van der Waals surface area contributed by atoms with Gasteiger partial charge in [-0.25, -0.2) is 0 Å². The molecule has 0 fully saturated rings. The number of hydrogen-bond acceptors (Lipinski definition) is 1. The van der Waals surface area contributed by atoms with Crippen molar-refractivity contribution in [2.75, 3.05) is 0 Å². The largest absolute Gasteiger partial charge is 0.295 e. The molecule has 0 aromatic rings. The zero-order valence-electron chi connectivity index (χ0n) is 7.80. The van der Waals surface area contributed by atoms with Crippen molar-refractivity contribution in [3.05, 3.63) is 11.6 Å². The first-order valence-corrected chi connectivity index (χ1v) is 4.84. The number of halogens is 1. The van der Waals surface area contributed by atoms with E-state index in [-0.39, 0.29) is 17.1 Å². The van der Waals surface area contributed by atoms with Gasteiger partial charge in [0.05, 0.1) is 0 Å². The fourth-order valence-corrected chi connectivity index (χ4v) is 1.66. The smallest absolute Gasteiger partial charge is 0.159 e. The summed E-state index contributed by atoms with van der Waals surface area (Å²) in [6.45, 7) is 6.09. The van der Waals surface area contributed by atoms with Crippen LogP contribution >= 0.6 is 11.6 Å². The molecule has 1 nitrogen and oxygen atoms in total. The van der Waals surface area contributed by atoms with Crippen molar-refractivity contribution in [2.24, 2.45) is 11.8 Å². The van der Waals surface area contributed by atoms with Crippen molar-refractivity contribution in [2.45, 2.75) is 32.6 Å². The highest BCUT2D eigenvalue weighted by atomic mass is 35.5. The van der Waals surface area contributed by atoms with Crippen LogP contribution in [0.1, 0.15) is 27.2 Å². The second kappa shape index (κ2) is 3.61. The molecule has 0 bridgehead atoms. The minimum absolute atomic E-state index is 0.0000926. The molecule has 0 heterocycles. The molecule has 0 spiro atoms. The first-order valence-electron chi connectivity index (χ1n) is 4.40. The van der Waals surface area contributed by atoms with Crippen molar-refractivity contribution in [1.29, 1.82) is 0 Å². The Kier molecular flexibility index (Phi) is 2.94. The quantitative estimate of drug-likeness (QED) is 0.576. The van der Waals surface area contributed by atoms with Gasteiger partial charge in [0.15, 0.2) is 5.78 Å². The summed E-state index contributed by atoms with van der Waals surface area (Å²) < 4.78 is 0. The van der Waals surface area contributed by atoms with E-state index in [9.17, 15) is 4.79 Å². The van der Waals surface area contributed by atoms with Crippen LogP contribution in [0.3, 0.4) is 0 Å². The van der Waals surface area contributed by atoms with Gasteiger partial charge in [0.25, 0.3) is 0 Å². The van der Waals surface area contributed by atoms with E-state index < -0.39 is 0 Å². The van der Waals surface area contributed by atoms with Crippen LogP contribution < -0.4 is 0 Å². The second-order valence-electron chi connectivity index (χ2n) is 3.79. The minimum Gasteiger partial charge on any atom is -0.295 e. The number of ketones is 1. The lowest BCUT2D eigenvalue weighted by atomic mass is 9.85. The molecule has 68 valence electrons. The molecular weight excluding hydrogens is 172 g/mol. The number of carbonyl (C=O) groups excluding carboxylic acids is 1. The van der Waals surface area contributed by atoms with Crippen LogP contribution in [0, 0.1) is 11.8 Å². The maximum Gasteiger partial charge on any atom is 0.159 e. The Labute approximate surface area is 78.8 Å². The van der Waals surface area contributed by atoms with Crippen LogP contribution in [0.2, 0.25) is 0 Å². The van der Waals surface area contributed by atoms with Crippen molar-refractivity contribution in [1.82, 2.24) is 0 Å². The summed E-state index contributed by atoms with van der Waals surface area (Å²) in [5.41, 5.74) is 1.19. The van der Waals surface area contributed by atoms with Crippen molar-refractivity contribution >= 4 is 17.4 Å². The molecule has 0 saturated heterocycles. The van der Waals surface area contributed by atoms with Crippen LogP contribution in [-0.4, -0.2) is 11.2 Å². The van der Waals surface area contributed by atoms with Gasteiger partial charge in [-0.1, -0.05) is 26.3 Å². The number of carbonyl (C=O) groups is 1. The Bertz CT molecular complexity index is 218. The molecule has 12 heavy (non-hydrogen) atoms. The van der Waals surface area contributed by atoms with E-state index in [1.807, 2.05) is 6.92 Å². The van der Waals surface area contributed by atoms with Crippen LogP contribution in [0.4, 0.5) is 0 Å². The molecule has 0 amide bonds. The highest BCUT2D eigenvalue weighted by Gasteiger charge is 2.27. The molecule has 1 rings (SSSR count). The Morgan fingerprint density at radius 3 is 2.58 bits per heavy atom. The molecule has 0 saturated carbocycles. The molecule has 0 aromatic carbocycles. The molecule has 2 heteroatoms. The van der Waals surface area contributed by atoms with Crippen molar-refractivity contribution in [3.63, 3.8) is 0 Å². The van der Waals surface area contributed by atoms with Crippen molar-refractivity contribution < 1.29 is 4.79 Å². The van der Waals surface area contributed by atoms with Crippen LogP contribution in [0.15, 0.2) is 11.6 Å². The van der Waals surface area contributed by atoms with Gasteiger partial charge in [-0.3, -0.25) is 4.79 Å². The monoisotopic (exact) mass is 186 g/mol. The summed E-state index contributed by atoms with van der Waals surface area (Å²) >= 11 is 6.04. The normalized spacial score (nSPS) is 30.8. The lowest BCUT2D eigenvalue weighted by Gasteiger charge is -2.24. The van der Waals surface area contributed by atoms with Crippen LogP contribution in [0.5, 0.6) is 0 Å². The lowest BCUT2D eigenvalue weighted by molar-refractivity contribution is -0.118. The number of hydrogen-bond donors (Lipinski definition) is 0. The number of alkyl halides is 1. The molecular formula is C10H15ClO. The molecule has 1 aliphatic carbocycles. The van der Waals surface area contributed by atoms with E-state index in [0.29, 0.717) is 5.92 Å². The average Bonchev–Trinajstić information content (AvgIpc) is 1.99. The molecule has 2 atom stereocenters. The minimum atomic E-state index is -0.00540. The van der Waals surface area contributed by atoms with Gasteiger partial charge in [0, 0.05) is 11.3 Å². The summed E-state index contributed by atoms with van der Waals surface area (Å²) in [5.74, 6) is 0.627. The third-order valence-corrected chi connectivity index (χ3v) is 3.02. The van der Waals surface area contributed by atoms with Crippen LogP contribution in [0.25, 0.3) is 0 Å². The predicted octanol–water partition coefficient (Wildman–Crippen LogP) is 2.79. The highest BCUT2D eigenvalue weighted by molar-refractivity contribution is 6.23. The topological polar surface area (TPSA) is 17.1 Å². The predicted molar refractivity (Wildman–Crippen MR) is 51.4 cm³/mol. The van der Waals surface area contributed by atoms with Crippen molar-refractivity contribution in [3.8, 4) is 0 Å². The summed E-state index contributed by atoms with van der Waals surface area (Å²) in [7, 11) is 0. The molecule has 0 aliphatic heterocycles. The van der Waals surface area contributed by atoms with E-state index in [2.05, 4.69) is 13.8 Å². The first-order chi connectivity index (χ1) is 5.52. The van der Waals surface area contributed by atoms with Gasteiger partial charge in [-0.15, -0.1) is 11.6 Å². The lowest BCUT2D eigenvalue weighted by Crippen LogP contribution is -2.26. The number of allylic oxidation sites excluding steroid dienone is 2.